The Morgan fingerprint density at radius 3 is 2.27 bits per heavy atom. The van der Waals surface area contributed by atoms with Crippen LogP contribution in [0.25, 0.3) is 0 Å². The van der Waals surface area contributed by atoms with Gasteiger partial charge in [-0.1, -0.05) is 0 Å². The van der Waals surface area contributed by atoms with Crippen LogP contribution in [0.15, 0.2) is 0 Å². The summed E-state index contributed by atoms with van der Waals surface area (Å²) in [5.74, 6) is -0.587. The highest BCUT2D eigenvalue weighted by Crippen LogP contribution is 2.42. The number of hydrogen-bond acceptors (Lipinski definition) is 5. The Hall–Kier alpha value is -1.98. The van der Waals surface area contributed by atoms with Gasteiger partial charge in [0.15, 0.2) is 17.3 Å². The first kappa shape index (κ1) is 17.4. The van der Waals surface area contributed by atoms with Crippen molar-refractivity contribution in [1.29, 1.82) is 0 Å². The monoisotopic (exact) mass is 357 g/mol. The van der Waals surface area contributed by atoms with Gasteiger partial charge in [0, 0.05) is 49.9 Å². The van der Waals surface area contributed by atoms with Crippen LogP contribution >= 0.6 is 0 Å². The average Bonchev–Trinajstić information content (AvgIpc) is 3.20. The van der Waals surface area contributed by atoms with Gasteiger partial charge in [-0.15, -0.1) is 0 Å². The predicted octanol–water partition coefficient (Wildman–Crippen LogP) is 2.42. The van der Waals surface area contributed by atoms with E-state index in [1.165, 1.54) is 0 Å². The number of aryl methyl sites for hydroxylation is 2. The van der Waals surface area contributed by atoms with Gasteiger partial charge in [-0.3, -0.25) is 14.4 Å². The second-order valence-corrected chi connectivity index (χ2v) is 7.98. The molecule has 6 nitrogen and oxygen atoms in total. The van der Waals surface area contributed by atoms with Crippen LogP contribution in [-0.2, 0) is 20.9 Å². The Balaban J connectivity index is 1.64. The zero-order chi connectivity index (χ0) is 18.4. The van der Waals surface area contributed by atoms with Crippen LogP contribution in [0.1, 0.15) is 62.6 Å². The third-order valence-electron chi connectivity index (χ3n) is 6.06. The largest absolute Gasteiger partial charge is 0.357 e. The molecule has 1 aromatic heterocycles. The number of nitrogens with zero attached hydrogens (tertiary/aromatic N) is 3. The molecule has 1 aliphatic heterocycles. The molecular weight excluding hydrogens is 330 g/mol. The molecule has 0 radical (unpaired) electrons. The van der Waals surface area contributed by atoms with Gasteiger partial charge in [0.25, 0.3) is 0 Å². The van der Waals surface area contributed by atoms with Crippen LogP contribution in [0.4, 0.5) is 5.82 Å². The van der Waals surface area contributed by atoms with Crippen molar-refractivity contribution in [3.8, 4) is 0 Å². The number of ketones is 3. The topological polar surface area (TPSA) is 72.3 Å². The molecule has 6 heteroatoms. The molecule has 2 heterocycles. The SMILES string of the molecule is CCn1nc(C)c(C2CC(=O)C(C(=O)C3CC3)C(=O)C2)c1N1CCCC1. The van der Waals surface area contributed by atoms with Crippen molar-refractivity contribution in [2.24, 2.45) is 11.8 Å². The summed E-state index contributed by atoms with van der Waals surface area (Å²) in [7, 11) is 0. The van der Waals surface area contributed by atoms with Gasteiger partial charge < -0.3 is 4.90 Å². The van der Waals surface area contributed by atoms with Gasteiger partial charge in [-0.2, -0.15) is 5.10 Å². The number of aromatic nitrogens is 2. The molecule has 2 saturated carbocycles. The average molecular weight is 357 g/mol. The molecule has 3 aliphatic rings. The standard InChI is InChI=1S/C20H27N3O3/c1-3-23-20(22-8-4-5-9-22)17(12(2)21-23)14-10-15(24)18(16(25)11-14)19(26)13-6-7-13/h13-14,18H,3-11H2,1-2H3. The van der Waals surface area contributed by atoms with E-state index in [1.807, 2.05) is 11.6 Å². The van der Waals surface area contributed by atoms with E-state index in [1.54, 1.807) is 0 Å². The van der Waals surface area contributed by atoms with Gasteiger partial charge >= 0.3 is 0 Å². The zero-order valence-electron chi connectivity index (χ0n) is 15.7. The normalized spacial score (nSPS) is 26.6. The number of hydrogen-bond donors (Lipinski definition) is 0. The fourth-order valence-corrected chi connectivity index (χ4v) is 4.64. The van der Waals surface area contributed by atoms with Crippen molar-refractivity contribution < 1.29 is 14.4 Å². The summed E-state index contributed by atoms with van der Waals surface area (Å²) in [6.45, 7) is 6.80. The summed E-state index contributed by atoms with van der Waals surface area (Å²) in [6, 6.07) is 0. The van der Waals surface area contributed by atoms with Crippen molar-refractivity contribution >= 4 is 23.2 Å². The number of carbonyl (C=O) groups excluding carboxylic acids is 3. The molecule has 0 spiro atoms. The Morgan fingerprint density at radius 2 is 1.73 bits per heavy atom. The first-order chi connectivity index (χ1) is 12.5. The second-order valence-electron chi connectivity index (χ2n) is 7.98. The van der Waals surface area contributed by atoms with E-state index in [2.05, 4.69) is 16.9 Å². The molecule has 1 aromatic rings. The second kappa shape index (κ2) is 6.63. The highest BCUT2D eigenvalue weighted by Gasteiger charge is 2.46. The Labute approximate surface area is 153 Å². The molecule has 1 saturated heterocycles. The van der Waals surface area contributed by atoms with Crippen LogP contribution in [0.3, 0.4) is 0 Å². The van der Waals surface area contributed by atoms with Crippen LogP contribution in [0.5, 0.6) is 0 Å². The van der Waals surface area contributed by atoms with E-state index in [-0.39, 0.29) is 42.0 Å². The lowest BCUT2D eigenvalue weighted by Gasteiger charge is -2.28. The van der Waals surface area contributed by atoms with E-state index in [4.69, 9.17) is 0 Å². The first-order valence-corrected chi connectivity index (χ1v) is 9.92. The van der Waals surface area contributed by atoms with Gasteiger partial charge in [0.05, 0.1) is 5.69 Å². The Bertz CT molecular complexity index is 739. The van der Waals surface area contributed by atoms with Gasteiger partial charge in [-0.05, 0) is 39.5 Å². The lowest BCUT2D eigenvalue weighted by atomic mass is 9.74. The molecule has 0 atom stereocenters. The lowest BCUT2D eigenvalue weighted by molar-refractivity contribution is -0.143. The predicted molar refractivity (Wildman–Crippen MR) is 97.3 cm³/mol. The summed E-state index contributed by atoms with van der Waals surface area (Å²) in [6.07, 6.45) is 4.56. The summed E-state index contributed by atoms with van der Waals surface area (Å²) in [4.78, 5) is 40.1. The Kier molecular flexibility index (Phi) is 4.45. The first-order valence-electron chi connectivity index (χ1n) is 9.92. The van der Waals surface area contributed by atoms with E-state index in [9.17, 15) is 14.4 Å². The van der Waals surface area contributed by atoms with E-state index in [0.29, 0.717) is 0 Å². The fourth-order valence-electron chi connectivity index (χ4n) is 4.64. The minimum atomic E-state index is -0.990. The number of Topliss-reactive ketones (excluding diaryl/α,β-unsaturated/α-hetero) is 3. The van der Waals surface area contributed by atoms with Crippen molar-refractivity contribution in [2.75, 3.05) is 18.0 Å². The van der Waals surface area contributed by atoms with Gasteiger partial charge in [0.1, 0.15) is 11.7 Å². The molecule has 0 aromatic carbocycles. The molecular formula is C20H27N3O3. The molecule has 0 amide bonds. The quantitative estimate of drug-likeness (QED) is 0.757. The maximum atomic E-state index is 12.7. The smallest absolute Gasteiger partial charge is 0.153 e. The fraction of sp³-hybridized carbons (Fsp3) is 0.700. The van der Waals surface area contributed by atoms with Crippen molar-refractivity contribution in [3.63, 3.8) is 0 Å². The third-order valence-corrected chi connectivity index (χ3v) is 6.06. The van der Waals surface area contributed by atoms with Crippen LogP contribution in [0.2, 0.25) is 0 Å². The van der Waals surface area contributed by atoms with Crippen molar-refractivity contribution in [3.05, 3.63) is 11.3 Å². The number of rotatable bonds is 5. The van der Waals surface area contributed by atoms with E-state index < -0.39 is 5.92 Å². The molecule has 2 aliphatic carbocycles. The van der Waals surface area contributed by atoms with Crippen LogP contribution in [0, 0.1) is 18.8 Å². The third kappa shape index (κ3) is 2.89. The van der Waals surface area contributed by atoms with Gasteiger partial charge in [0.2, 0.25) is 0 Å². The molecule has 0 N–H and O–H groups in total. The summed E-state index contributed by atoms with van der Waals surface area (Å²) in [5, 5.41) is 4.68. The van der Waals surface area contributed by atoms with E-state index >= 15 is 0 Å². The lowest BCUT2D eigenvalue weighted by Crippen LogP contribution is -2.39. The van der Waals surface area contributed by atoms with Crippen molar-refractivity contribution in [1.82, 2.24) is 9.78 Å². The maximum absolute atomic E-state index is 12.7. The molecule has 0 unspecified atom stereocenters. The highest BCUT2D eigenvalue weighted by atomic mass is 16.2. The van der Waals surface area contributed by atoms with Crippen LogP contribution < -0.4 is 4.90 Å². The molecule has 140 valence electrons. The molecule has 4 rings (SSSR count). The maximum Gasteiger partial charge on any atom is 0.153 e. The van der Waals surface area contributed by atoms with E-state index in [0.717, 1.165) is 62.4 Å². The minimum absolute atomic E-state index is 0.0470. The van der Waals surface area contributed by atoms with Crippen LogP contribution in [-0.4, -0.2) is 40.2 Å². The molecule has 3 fully saturated rings. The molecule has 26 heavy (non-hydrogen) atoms. The van der Waals surface area contributed by atoms with Gasteiger partial charge in [-0.25, -0.2) is 4.68 Å². The molecule has 0 bridgehead atoms. The highest BCUT2D eigenvalue weighted by molar-refractivity contribution is 6.21. The van der Waals surface area contributed by atoms with Crippen molar-refractivity contribution in [2.45, 2.75) is 64.8 Å². The minimum Gasteiger partial charge on any atom is -0.357 e. The summed E-state index contributed by atoms with van der Waals surface area (Å²) >= 11 is 0. The number of carbonyl (C=O) groups is 3. The summed E-state index contributed by atoms with van der Waals surface area (Å²) < 4.78 is 2.01. The number of anilines is 1. The summed E-state index contributed by atoms with van der Waals surface area (Å²) in [5.41, 5.74) is 1.96. The zero-order valence-corrected chi connectivity index (χ0v) is 15.7. The Morgan fingerprint density at radius 1 is 1.12 bits per heavy atom.